The number of methoxy groups -OCH3 is 1. The molecule has 0 saturated carbocycles. The van der Waals surface area contributed by atoms with E-state index < -0.39 is 11.8 Å². The number of hydrogen-bond donors (Lipinski definition) is 0. The van der Waals surface area contributed by atoms with E-state index in [0.717, 1.165) is 12.3 Å². The second-order valence-corrected chi connectivity index (χ2v) is 2.53. The number of hydrogen-bond acceptors (Lipinski definition) is 4. The maximum absolute atomic E-state index is 12.7. The summed E-state index contributed by atoms with van der Waals surface area (Å²) in [7, 11) is 1.22. The minimum Gasteiger partial charge on any atom is -0.469 e. The van der Waals surface area contributed by atoms with Crippen LogP contribution in [0.3, 0.4) is 0 Å². The van der Waals surface area contributed by atoms with Crippen molar-refractivity contribution in [3.05, 3.63) is 29.3 Å². The van der Waals surface area contributed by atoms with Gasteiger partial charge in [-0.15, -0.1) is 0 Å². The lowest BCUT2D eigenvalue weighted by atomic mass is 10.1. The Hall–Kier alpha value is -1.96. The zero-order valence-corrected chi connectivity index (χ0v) is 7.45. The van der Waals surface area contributed by atoms with Crippen LogP contribution in [0.15, 0.2) is 12.3 Å². The molecule has 0 aliphatic carbocycles. The van der Waals surface area contributed by atoms with Crippen molar-refractivity contribution in [1.82, 2.24) is 4.98 Å². The van der Waals surface area contributed by atoms with E-state index >= 15 is 0 Å². The number of carbonyl (C=O) groups is 1. The first-order valence-corrected chi connectivity index (χ1v) is 3.78. The molecule has 0 bridgehead atoms. The zero-order chi connectivity index (χ0) is 10.6. The molecule has 72 valence electrons. The molecule has 0 radical (unpaired) electrons. The SMILES string of the molecule is COC(=O)Cc1cc(F)cnc1C#N. The van der Waals surface area contributed by atoms with Crippen LogP contribution in [0.25, 0.3) is 0 Å². The van der Waals surface area contributed by atoms with Crippen LogP contribution in [0.4, 0.5) is 4.39 Å². The smallest absolute Gasteiger partial charge is 0.310 e. The Morgan fingerprint density at radius 1 is 1.79 bits per heavy atom. The molecule has 0 unspecified atom stereocenters. The number of esters is 1. The van der Waals surface area contributed by atoms with E-state index in [1.165, 1.54) is 7.11 Å². The molecule has 0 aromatic carbocycles. The second kappa shape index (κ2) is 4.33. The van der Waals surface area contributed by atoms with Gasteiger partial charge in [0, 0.05) is 5.56 Å². The minimum atomic E-state index is -0.581. The molecule has 5 heteroatoms. The highest BCUT2D eigenvalue weighted by atomic mass is 19.1. The number of nitriles is 1. The molecule has 4 nitrogen and oxygen atoms in total. The lowest BCUT2D eigenvalue weighted by molar-refractivity contribution is -0.139. The summed E-state index contributed by atoms with van der Waals surface area (Å²) in [5.41, 5.74) is 0.274. The first kappa shape index (κ1) is 10.1. The van der Waals surface area contributed by atoms with Crippen LogP contribution in [0.2, 0.25) is 0 Å². The van der Waals surface area contributed by atoms with E-state index in [1.807, 2.05) is 0 Å². The van der Waals surface area contributed by atoms with Crippen molar-refractivity contribution in [2.45, 2.75) is 6.42 Å². The Labute approximate surface area is 79.9 Å². The Balaban J connectivity index is 3.00. The third kappa shape index (κ3) is 2.26. The highest BCUT2D eigenvalue weighted by Crippen LogP contribution is 2.08. The molecule has 0 spiro atoms. The minimum absolute atomic E-state index is 0.0387. The summed E-state index contributed by atoms with van der Waals surface area (Å²) in [5.74, 6) is -1.11. The lowest BCUT2D eigenvalue weighted by Gasteiger charge is -2.01. The van der Waals surface area contributed by atoms with Crippen molar-refractivity contribution in [3.8, 4) is 6.07 Å². The van der Waals surface area contributed by atoms with E-state index in [2.05, 4.69) is 9.72 Å². The van der Waals surface area contributed by atoms with E-state index in [1.54, 1.807) is 6.07 Å². The summed E-state index contributed by atoms with van der Waals surface area (Å²) >= 11 is 0. The molecular weight excluding hydrogens is 187 g/mol. The van der Waals surface area contributed by atoms with Gasteiger partial charge >= 0.3 is 5.97 Å². The normalized spacial score (nSPS) is 9.21. The van der Waals surface area contributed by atoms with Crippen molar-refractivity contribution >= 4 is 5.97 Å². The molecule has 1 aromatic heterocycles. The fraction of sp³-hybridized carbons (Fsp3) is 0.222. The summed E-state index contributed by atoms with van der Waals surface area (Å²) in [4.78, 5) is 14.4. The largest absolute Gasteiger partial charge is 0.469 e. The second-order valence-electron chi connectivity index (χ2n) is 2.53. The molecule has 0 fully saturated rings. The van der Waals surface area contributed by atoms with Crippen LogP contribution in [-0.2, 0) is 16.0 Å². The third-order valence-electron chi connectivity index (χ3n) is 1.60. The van der Waals surface area contributed by atoms with Gasteiger partial charge in [0.15, 0.2) is 0 Å². The molecular formula is C9H7FN2O2. The number of carbonyl (C=O) groups excluding carboxylic acids is 1. The maximum atomic E-state index is 12.7. The fourth-order valence-electron chi connectivity index (χ4n) is 0.944. The summed E-state index contributed by atoms with van der Waals surface area (Å²) < 4.78 is 17.1. The highest BCUT2D eigenvalue weighted by molar-refractivity contribution is 5.73. The van der Waals surface area contributed by atoms with Crippen LogP contribution < -0.4 is 0 Å². The molecule has 1 rings (SSSR count). The predicted octanol–water partition coefficient (Wildman–Crippen LogP) is 0.808. The highest BCUT2D eigenvalue weighted by Gasteiger charge is 2.10. The van der Waals surface area contributed by atoms with Crippen molar-refractivity contribution in [1.29, 1.82) is 5.26 Å². The van der Waals surface area contributed by atoms with Gasteiger partial charge in [-0.1, -0.05) is 0 Å². The number of halogens is 1. The van der Waals surface area contributed by atoms with Crippen molar-refractivity contribution in [2.24, 2.45) is 0 Å². The Morgan fingerprint density at radius 2 is 2.50 bits per heavy atom. The molecule has 0 N–H and O–H groups in total. The number of ether oxygens (including phenoxy) is 1. The number of pyridine rings is 1. The topological polar surface area (TPSA) is 63.0 Å². The maximum Gasteiger partial charge on any atom is 0.310 e. The van der Waals surface area contributed by atoms with E-state index in [-0.39, 0.29) is 17.7 Å². The lowest BCUT2D eigenvalue weighted by Crippen LogP contribution is -2.07. The van der Waals surface area contributed by atoms with Gasteiger partial charge in [-0.3, -0.25) is 4.79 Å². The van der Waals surface area contributed by atoms with Gasteiger partial charge in [0.05, 0.1) is 19.7 Å². The molecule has 0 atom stereocenters. The van der Waals surface area contributed by atoms with Gasteiger partial charge in [-0.05, 0) is 6.07 Å². The zero-order valence-electron chi connectivity index (χ0n) is 7.45. The third-order valence-corrected chi connectivity index (χ3v) is 1.60. The average Bonchev–Trinajstić information content (AvgIpc) is 2.18. The van der Waals surface area contributed by atoms with Gasteiger partial charge < -0.3 is 4.74 Å². The van der Waals surface area contributed by atoms with Gasteiger partial charge in [0.2, 0.25) is 0 Å². The van der Waals surface area contributed by atoms with E-state index in [9.17, 15) is 9.18 Å². The summed E-state index contributed by atoms with van der Waals surface area (Å²) in [6, 6.07) is 2.87. The predicted molar refractivity (Wildman–Crippen MR) is 44.6 cm³/mol. The fourth-order valence-corrected chi connectivity index (χ4v) is 0.944. The summed E-state index contributed by atoms with van der Waals surface area (Å²) in [6.45, 7) is 0. The van der Waals surface area contributed by atoms with Crippen molar-refractivity contribution in [2.75, 3.05) is 7.11 Å². The monoisotopic (exact) mass is 194 g/mol. The molecule has 0 amide bonds. The molecule has 1 heterocycles. The Morgan fingerprint density at radius 3 is 3.07 bits per heavy atom. The standard InChI is InChI=1S/C9H7FN2O2/c1-14-9(13)3-6-2-7(10)5-12-8(6)4-11/h2,5H,3H2,1H3. The van der Waals surface area contributed by atoms with Crippen LogP contribution in [-0.4, -0.2) is 18.1 Å². The number of aromatic nitrogens is 1. The molecule has 0 aliphatic heterocycles. The quantitative estimate of drug-likeness (QED) is 0.653. The molecule has 0 aliphatic rings. The Kier molecular flexibility index (Phi) is 3.13. The summed E-state index contributed by atoms with van der Waals surface area (Å²) in [6.07, 6.45) is 0.781. The van der Waals surface area contributed by atoms with Gasteiger partial charge in [-0.2, -0.15) is 5.26 Å². The molecule has 0 saturated heterocycles. The molecule has 14 heavy (non-hydrogen) atoms. The number of rotatable bonds is 2. The molecule has 1 aromatic rings. The van der Waals surface area contributed by atoms with E-state index in [4.69, 9.17) is 5.26 Å². The van der Waals surface area contributed by atoms with Crippen LogP contribution in [0, 0.1) is 17.1 Å². The first-order valence-electron chi connectivity index (χ1n) is 3.78. The van der Waals surface area contributed by atoms with Crippen molar-refractivity contribution in [3.63, 3.8) is 0 Å². The average molecular weight is 194 g/mol. The van der Waals surface area contributed by atoms with E-state index in [0.29, 0.717) is 0 Å². The van der Waals surface area contributed by atoms with Gasteiger partial charge in [0.1, 0.15) is 17.6 Å². The van der Waals surface area contributed by atoms with Gasteiger partial charge in [0.25, 0.3) is 0 Å². The van der Waals surface area contributed by atoms with Crippen LogP contribution >= 0.6 is 0 Å². The first-order chi connectivity index (χ1) is 6.67. The summed E-state index contributed by atoms with van der Waals surface area (Å²) in [5, 5.41) is 8.61. The Bertz CT molecular complexity index is 398. The number of nitrogens with zero attached hydrogens (tertiary/aromatic N) is 2. The van der Waals surface area contributed by atoms with Crippen LogP contribution in [0.1, 0.15) is 11.3 Å². The van der Waals surface area contributed by atoms with Gasteiger partial charge in [-0.25, -0.2) is 9.37 Å². The van der Waals surface area contributed by atoms with Crippen LogP contribution in [0.5, 0.6) is 0 Å². The van der Waals surface area contributed by atoms with Crippen molar-refractivity contribution < 1.29 is 13.9 Å².